The van der Waals surface area contributed by atoms with Crippen LogP contribution in [0.5, 0.6) is 0 Å². The van der Waals surface area contributed by atoms with E-state index in [-0.39, 0.29) is 11.9 Å². The van der Waals surface area contributed by atoms with E-state index in [1.54, 1.807) is 12.1 Å². The summed E-state index contributed by atoms with van der Waals surface area (Å²) < 4.78 is 20.9. The van der Waals surface area contributed by atoms with Crippen LogP contribution in [0, 0.1) is 5.82 Å². The van der Waals surface area contributed by atoms with Crippen LogP contribution in [0.15, 0.2) is 77.4 Å². The first-order valence-electron chi connectivity index (χ1n) is 9.30. The number of halogens is 1. The third-order valence-electron chi connectivity index (χ3n) is 5.16. The van der Waals surface area contributed by atoms with Crippen molar-refractivity contribution >= 4 is 0 Å². The van der Waals surface area contributed by atoms with Crippen molar-refractivity contribution in [1.82, 2.24) is 19.6 Å². The molecule has 28 heavy (non-hydrogen) atoms. The monoisotopic (exact) mass is 374 g/mol. The lowest BCUT2D eigenvalue weighted by molar-refractivity contribution is 0.154. The molecule has 0 saturated heterocycles. The Balaban J connectivity index is 1.43. The second-order valence-corrected chi connectivity index (χ2v) is 6.93. The summed E-state index contributed by atoms with van der Waals surface area (Å²) in [6.07, 6.45) is 2.13. The van der Waals surface area contributed by atoms with Crippen LogP contribution in [0.4, 0.5) is 4.39 Å². The minimum Gasteiger partial charge on any atom is -0.348 e. The summed E-state index contributed by atoms with van der Waals surface area (Å²) in [6.45, 7) is 2.36. The lowest BCUT2D eigenvalue weighted by atomic mass is 10.00. The first kappa shape index (κ1) is 16.9. The van der Waals surface area contributed by atoms with Gasteiger partial charge in [-0.1, -0.05) is 35.5 Å². The van der Waals surface area contributed by atoms with E-state index >= 15 is 0 Å². The predicted octanol–water partition coefficient (Wildman–Crippen LogP) is 4.28. The fourth-order valence-electron chi connectivity index (χ4n) is 3.83. The number of benzene rings is 2. The van der Waals surface area contributed by atoms with E-state index in [0.717, 1.165) is 18.7 Å². The third kappa shape index (κ3) is 3.12. The zero-order chi connectivity index (χ0) is 18.9. The Morgan fingerprint density at radius 3 is 2.61 bits per heavy atom. The standard InChI is InChI=1S/C22H19FN4O/c23-18-10-8-17(9-11-18)22-24-20(28-25-22)15-27-14-13-26-12-4-7-19(26)21(27)16-5-2-1-3-6-16/h1-12,21H,13-15H2. The minimum atomic E-state index is -0.283. The molecule has 0 amide bonds. The fraction of sp³-hybridized carbons (Fsp3) is 0.182. The maximum Gasteiger partial charge on any atom is 0.241 e. The Morgan fingerprint density at radius 2 is 1.79 bits per heavy atom. The van der Waals surface area contributed by atoms with Crippen molar-refractivity contribution in [1.29, 1.82) is 0 Å². The normalized spacial score (nSPS) is 16.8. The maximum atomic E-state index is 13.1. The van der Waals surface area contributed by atoms with Gasteiger partial charge in [0.15, 0.2) is 0 Å². The van der Waals surface area contributed by atoms with E-state index in [0.29, 0.717) is 18.3 Å². The van der Waals surface area contributed by atoms with Gasteiger partial charge in [0, 0.05) is 30.5 Å². The van der Waals surface area contributed by atoms with Crippen molar-refractivity contribution in [3.63, 3.8) is 0 Å². The molecule has 0 saturated carbocycles. The molecule has 4 aromatic rings. The highest BCUT2D eigenvalue weighted by molar-refractivity contribution is 5.53. The predicted molar refractivity (Wildman–Crippen MR) is 103 cm³/mol. The topological polar surface area (TPSA) is 47.1 Å². The Kier molecular flexibility index (Phi) is 4.25. The molecule has 6 heteroatoms. The second-order valence-electron chi connectivity index (χ2n) is 6.93. The van der Waals surface area contributed by atoms with Gasteiger partial charge in [0.05, 0.1) is 12.6 Å². The van der Waals surface area contributed by atoms with Gasteiger partial charge in [-0.15, -0.1) is 0 Å². The number of aromatic nitrogens is 3. The fourth-order valence-corrected chi connectivity index (χ4v) is 3.83. The molecule has 3 heterocycles. The van der Waals surface area contributed by atoms with Crippen molar-refractivity contribution < 1.29 is 8.91 Å². The second kappa shape index (κ2) is 7.05. The molecule has 140 valence electrons. The van der Waals surface area contributed by atoms with Gasteiger partial charge in [0.1, 0.15) is 5.82 Å². The Hall–Kier alpha value is -3.25. The van der Waals surface area contributed by atoms with Crippen LogP contribution in [-0.2, 0) is 13.1 Å². The minimum absolute atomic E-state index is 0.131. The largest absolute Gasteiger partial charge is 0.348 e. The van der Waals surface area contributed by atoms with Gasteiger partial charge in [0.25, 0.3) is 0 Å². The molecule has 2 aromatic carbocycles. The molecule has 1 aliphatic rings. The highest BCUT2D eigenvalue weighted by atomic mass is 19.1. The van der Waals surface area contributed by atoms with Crippen LogP contribution in [0.1, 0.15) is 23.2 Å². The zero-order valence-corrected chi connectivity index (χ0v) is 15.2. The van der Waals surface area contributed by atoms with Gasteiger partial charge in [-0.2, -0.15) is 4.98 Å². The van der Waals surface area contributed by atoms with E-state index < -0.39 is 0 Å². The van der Waals surface area contributed by atoms with Crippen LogP contribution >= 0.6 is 0 Å². The van der Waals surface area contributed by atoms with Crippen LogP contribution in [0.3, 0.4) is 0 Å². The molecule has 0 fully saturated rings. The van der Waals surface area contributed by atoms with E-state index in [1.165, 1.54) is 23.4 Å². The highest BCUT2D eigenvalue weighted by Gasteiger charge is 2.30. The Bertz CT molecular complexity index is 1070. The van der Waals surface area contributed by atoms with Gasteiger partial charge in [-0.25, -0.2) is 4.39 Å². The molecule has 0 radical (unpaired) electrons. The summed E-state index contributed by atoms with van der Waals surface area (Å²) in [5.74, 6) is 0.751. The molecule has 1 atom stereocenters. The Morgan fingerprint density at radius 1 is 0.964 bits per heavy atom. The third-order valence-corrected chi connectivity index (χ3v) is 5.16. The van der Waals surface area contributed by atoms with Gasteiger partial charge in [-0.05, 0) is 42.0 Å². The molecule has 1 unspecified atom stereocenters. The quantitative estimate of drug-likeness (QED) is 0.535. The van der Waals surface area contributed by atoms with Crippen LogP contribution in [0.25, 0.3) is 11.4 Å². The number of rotatable bonds is 4. The number of hydrogen-bond acceptors (Lipinski definition) is 4. The van der Waals surface area contributed by atoms with E-state index in [1.807, 2.05) is 6.07 Å². The molecule has 1 aliphatic heterocycles. The van der Waals surface area contributed by atoms with E-state index in [9.17, 15) is 4.39 Å². The summed E-state index contributed by atoms with van der Waals surface area (Å²) in [5, 5.41) is 4.07. The summed E-state index contributed by atoms with van der Waals surface area (Å²) in [4.78, 5) is 6.88. The molecule has 0 aliphatic carbocycles. The Labute approximate surface area is 162 Å². The molecule has 0 spiro atoms. The van der Waals surface area contributed by atoms with Crippen molar-refractivity contribution in [3.8, 4) is 11.4 Å². The van der Waals surface area contributed by atoms with Crippen molar-refractivity contribution in [2.24, 2.45) is 0 Å². The molecular formula is C22H19FN4O. The van der Waals surface area contributed by atoms with Crippen molar-refractivity contribution in [3.05, 3.63) is 95.9 Å². The molecule has 0 bridgehead atoms. The molecule has 5 rings (SSSR count). The summed E-state index contributed by atoms with van der Waals surface area (Å²) >= 11 is 0. The smallest absolute Gasteiger partial charge is 0.241 e. The lowest BCUT2D eigenvalue weighted by Crippen LogP contribution is -2.38. The molecular weight excluding hydrogens is 355 g/mol. The zero-order valence-electron chi connectivity index (χ0n) is 15.2. The lowest BCUT2D eigenvalue weighted by Gasteiger charge is -2.36. The average Bonchev–Trinajstić information content (AvgIpc) is 3.39. The first-order chi connectivity index (χ1) is 13.8. The summed E-state index contributed by atoms with van der Waals surface area (Å²) in [7, 11) is 0. The van der Waals surface area contributed by atoms with Gasteiger partial charge < -0.3 is 9.09 Å². The maximum absolute atomic E-state index is 13.1. The SMILES string of the molecule is Fc1ccc(-c2noc(CN3CCn4cccc4C3c3ccccc3)n2)cc1. The number of hydrogen-bond donors (Lipinski definition) is 0. The van der Waals surface area contributed by atoms with Gasteiger partial charge in [-0.3, -0.25) is 4.90 Å². The van der Waals surface area contributed by atoms with E-state index in [2.05, 4.69) is 62.2 Å². The van der Waals surface area contributed by atoms with Crippen LogP contribution in [-0.4, -0.2) is 26.2 Å². The summed E-state index contributed by atoms with van der Waals surface area (Å²) in [6, 6.07) is 21.0. The van der Waals surface area contributed by atoms with Crippen LogP contribution < -0.4 is 0 Å². The van der Waals surface area contributed by atoms with Crippen molar-refractivity contribution in [2.45, 2.75) is 19.1 Å². The first-order valence-corrected chi connectivity index (χ1v) is 9.30. The molecule has 0 N–H and O–H groups in total. The average molecular weight is 374 g/mol. The summed E-state index contributed by atoms with van der Waals surface area (Å²) in [5.41, 5.74) is 3.24. The number of nitrogens with zero attached hydrogens (tertiary/aromatic N) is 4. The van der Waals surface area contributed by atoms with Gasteiger partial charge >= 0.3 is 0 Å². The molecule has 2 aromatic heterocycles. The van der Waals surface area contributed by atoms with Crippen LogP contribution in [0.2, 0.25) is 0 Å². The van der Waals surface area contributed by atoms with E-state index in [4.69, 9.17) is 4.52 Å². The molecule has 5 nitrogen and oxygen atoms in total. The van der Waals surface area contributed by atoms with Gasteiger partial charge in [0.2, 0.25) is 11.7 Å². The van der Waals surface area contributed by atoms with Crippen molar-refractivity contribution in [2.75, 3.05) is 6.54 Å². The number of fused-ring (bicyclic) bond motifs is 1. The highest BCUT2D eigenvalue weighted by Crippen LogP contribution is 2.33.